The van der Waals surface area contributed by atoms with Crippen LogP contribution in [0.15, 0.2) is 71.6 Å². The van der Waals surface area contributed by atoms with Gasteiger partial charge in [0.2, 0.25) is 0 Å². The molecule has 0 saturated carbocycles. The first-order valence-corrected chi connectivity index (χ1v) is 11.7. The average Bonchev–Trinajstić information content (AvgIpc) is 2.98. The number of aryl methyl sites for hydroxylation is 1. The zero-order valence-corrected chi connectivity index (χ0v) is 17.7. The molecule has 156 valence electrons. The summed E-state index contributed by atoms with van der Waals surface area (Å²) < 4.78 is 64.8. The number of ether oxygens (including phenoxy) is 2. The van der Waals surface area contributed by atoms with Crippen molar-refractivity contribution in [2.45, 2.75) is 11.8 Å². The third kappa shape index (κ3) is 3.55. The Morgan fingerprint density at radius 2 is 1.47 bits per heavy atom. The molecule has 3 aromatic carbocycles. The molecule has 0 spiro atoms. The largest absolute Gasteiger partial charge is 0.497 e. The lowest BCUT2D eigenvalue weighted by Crippen LogP contribution is -2.35. The van der Waals surface area contributed by atoms with Crippen LogP contribution in [0.4, 0.5) is 11.4 Å². The molecular weight excluding hydrogens is 428 g/mol. The Bertz CT molecular complexity index is 1300. The predicted octanol–water partition coefficient (Wildman–Crippen LogP) is 3.66. The number of anilines is 2. The second kappa shape index (κ2) is 7.22. The number of benzene rings is 3. The van der Waals surface area contributed by atoms with Crippen molar-refractivity contribution < 1.29 is 26.3 Å². The van der Waals surface area contributed by atoms with Gasteiger partial charge in [-0.25, -0.2) is 0 Å². The summed E-state index contributed by atoms with van der Waals surface area (Å²) in [4.78, 5) is -0.120. The van der Waals surface area contributed by atoms with Gasteiger partial charge in [0.1, 0.15) is 17.2 Å². The second-order valence-corrected chi connectivity index (χ2v) is 10.1. The van der Waals surface area contributed by atoms with Crippen LogP contribution in [0.25, 0.3) is 0 Å². The molecule has 0 saturated heterocycles. The maximum Gasteiger partial charge on any atom is 0.337 e. The summed E-state index contributed by atoms with van der Waals surface area (Å²) in [5, 5.41) is 0. The van der Waals surface area contributed by atoms with E-state index in [0.717, 1.165) is 5.56 Å². The van der Waals surface area contributed by atoms with E-state index >= 15 is 0 Å². The van der Waals surface area contributed by atoms with Gasteiger partial charge in [0.05, 0.1) is 23.4 Å². The maximum absolute atomic E-state index is 13.0. The third-order valence-electron chi connectivity index (χ3n) is 4.45. The van der Waals surface area contributed by atoms with Gasteiger partial charge >= 0.3 is 10.2 Å². The van der Waals surface area contributed by atoms with Crippen LogP contribution in [-0.4, -0.2) is 23.9 Å². The number of methoxy groups -OCH3 is 1. The van der Waals surface area contributed by atoms with Crippen molar-refractivity contribution in [3.8, 4) is 17.2 Å². The fourth-order valence-corrected chi connectivity index (χ4v) is 6.41. The molecule has 8 nitrogen and oxygen atoms in total. The van der Waals surface area contributed by atoms with Crippen LogP contribution in [0.3, 0.4) is 0 Å². The Labute approximate surface area is 174 Å². The third-order valence-corrected chi connectivity index (χ3v) is 8.24. The Kier molecular flexibility index (Phi) is 4.83. The molecular formula is C20H18N2O6S2. The first-order valence-electron chi connectivity index (χ1n) is 8.82. The Balaban J connectivity index is 1.69. The quantitative estimate of drug-likeness (QED) is 0.642. The number of nitrogens with zero attached hydrogens (tertiary/aromatic N) is 1. The van der Waals surface area contributed by atoms with Crippen molar-refractivity contribution in [2.75, 3.05) is 15.5 Å². The summed E-state index contributed by atoms with van der Waals surface area (Å²) >= 11 is 0. The predicted molar refractivity (Wildman–Crippen MR) is 113 cm³/mol. The minimum atomic E-state index is -4.34. The lowest BCUT2D eigenvalue weighted by Gasteiger charge is -2.17. The summed E-state index contributed by atoms with van der Waals surface area (Å²) in [6.45, 7) is 1.81. The number of sulfonamides is 1. The van der Waals surface area contributed by atoms with E-state index in [9.17, 15) is 16.8 Å². The van der Waals surface area contributed by atoms with E-state index in [4.69, 9.17) is 9.47 Å². The first kappa shape index (κ1) is 20.0. The highest BCUT2D eigenvalue weighted by Crippen LogP contribution is 2.42. The molecule has 1 heterocycles. The SMILES string of the molecule is COc1ccc(Oc2ccc3c(c2)NS(=O)(=O)N3S(=O)(=O)c2ccc(C)cc2)cc1. The van der Waals surface area contributed by atoms with Gasteiger partial charge in [-0.1, -0.05) is 17.7 Å². The standard InChI is InChI=1S/C20H18N2O6S2/c1-14-3-10-18(11-4-14)29(23,24)22-20-12-9-17(13-19(20)21-30(22,25)26)28-16-7-5-15(27-2)6-8-16/h3-13,21H,1-2H3. The number of fused-ring (bicyclic) bond motifs is 1. The summed E-state index contributed by atoms with van der Waals surface area (Å²) in [6, 6.07) is 17.1. The van der Waals surface area contributed by atoms with Gasteiger partial charge in [0.15, 0.2) is 0 Å². The van der Waals surface area contributed by atoms with Gasteiger partial charge in [-0.05, 0) is 55.5 Å². The Morgan fingerprint density at radius 3 is 2.10 bits per heavy atom. The number of hydrogen-bond donors (Lipinski definition) is 1. The zero-order chi connectivity index (χ0) is 21.5. The highest BCUT2D eigenvalue weighted by atomic mass is 32.3. The van der Waals surface area contributed by atoms with E-state index in [2.05, 4.69) is 4.72 Å². The number of nitrogens with one attached hydrogen (secondary N) is 1. The minimum absolute atomic E-state index is 0.00217. The molecule has 1 aliphatic rings. The van der Waals surface area contributed by atoms with Crippen molar-refractivity contribution in [1.82, 2.24) is 0 Å². The van der Waals surface area contributed by atoms with E-state index in [1.165, 1.54) is 30.3 Å². The zero-order valence-electron chi connectivity index (χ0n) is 16.1. The highest BCUT2D eigenvalue weighted by Gasteiger charge is 2.42. The first-order chi connectivity index (χ1) is 14.2. The van der Waals surface area contributed by atoms with Crippen molar-refractivity contribution in [3.63, 3.8) is 0 Å². The lowest BCUT2D eigenvalue weighted by molar-refractivity contribution is 0.413. The van der Waals surface area contributed by atoms with Crippen molar-refractivity contribution in [3.05, 3.63) is 72.3 Å². The Morgan fingerprint density at radius 1 is 0.867 bits per heavy atom. The van der Waals surface area contributed by atoms with E-state index in [1.807, 2.05) is 6.92 Å². The van der Waals surface area contributed by atoms with Gasteiger partial charge in [-0.2, -0.15) is 16.8 Å². The summed E-state index contributed by atoms with van der Waals surface area (Å²) in [6.07, 6.45) is 0. The van der Waals surface area contributed by atoms with E-state index in [1.54, 1.807) is 43.5 Å². The van der Waals surface area contributed by atoms with Gasteiger partial charge in [-0.15, -0.1) is 3.71 Å². The molecule has 0 aliphatic carbocycles. The molecule has 0 amide bonds. The van der Waals surface area contributed by atoms with Gasteiger partial charge in [0, 0.05) is 6.07 Å². The van der Waals surface area contributed by atoms with Gasteiger partial charge < -0.3 is 9.47 Å². The molecule has 0 atom stereocenters. The molecule has 3 aromatic rings. The summed E-state index contributed by atoms with van der Waals surface area (Å²) in [5.74, 6) is 1.53. The van der Waals surface area contributed by atoms with E-state index in [0.29, 0.717) is 21.0 Å². The number of hydrogen-bond acceptors (Lipinski definition) is 6. The molecule has 0 fully saturated rings. The highest BCUT2D eigenvalue weighted by molar-refractivity contribution is 8.11. The van der Waals surface area contributed by atoms with Crippen LogP contribution in [-0.2, 0) is 20.2 Å². The van der Waals surface area contributed by atoms with Crippen LogP contribution in [0, 0.1) is 6.92 Å². The molecule has 1 aliphatic heterocycles. The molecule has 30 heavy (non-hydrogen) atoms. The minimum Gasteiger partial charge on any atom is -0.497 e. The fourth-order valence-electron chi connectivity index (χ4n) is 2.97. The number of rotatable bonds is 5. The maximum atomic E-state index is 13.0. The van der Waals surface area contributed by atoms with Crippen LogP contribution in [0.5, 0.6) is 17.2 Å². The summed E-state index contributed by atoms with van der Waals surface area (Å²) in [5.41, 5.74) is 0.964. The summed E-state index contributed by atoms with van der Waals surface area (Å²) in [7, 11) is -7.11. The lowest BCUT2D eigenvalue weighted by atomic mass is 10.2. The fraction of sp³-hybridized carbons (Fsp3) is 0.100. The van der Waals surface area contributed by atoms with Crippen molar-refractivity contribution >= 4 is 31.6 Å². The smallest absolute Gasteiger partial charge is 0.337 e. The van der Waals surface area contributed by atoms with Gasteiger partial charge in [-0.3, -0.25) is 4.72 Å². The average molecular weight is 447 g/mol. The van der Waals surface area contributed by atoms with Crippen LogP contribution < -0.4 is 17.9 Å². The van der Waals surface area contributed by atoms with Gasteiger partial charge in [0.25, 0.3) is 10.0 Å². The Hall–Kier alpha value is -3.24. The monoisotopic (exact) mass is 446 g/mol. The van der Waals surface area contributed by atoms with Crippen molar-refractivity contribution in [2.24, 2.45) is 0 Å². The van der Waals surface area contributed by atoms with Crippen LogP contribution in [0.2, 0.25) is 0 Å². The van der Waals surface area contributed by atoms with Crippen LogP contribution in [0.1, 0.15) is 5.56 Å². The molecule has 10 heteroatoms. The van der Waals surface area contributed by atoms with E-state index < -0.39 is 20.2 Å². The molecule has 0 radical (unpaired) electrons. The van der Waals surface area contributed by atoms with Crippen LogP contribution >= 0.6 is 0 Å². The van der Waals surface area contributed by atoms with E-state index in [-0.39, 0.29) is 16.3 Å². The second-order valence-electron chi connectivity index (χ2n) is 6.58. The van der Waals surface area contributed by atoms with Crippen molar-refractivity contribution in [1.29, 1.82) is 0 Å². The molecule has 4 rings (SSSR count). The molecule has 0 unspecified atom stereocenters. The molecule has 0 aromatic heterocycles. The molecule has 0 bridgehead atoms. The normalized spacial score (nSPS) is 14.7. The molecule has 1 N–H and O–H groups in total. The topological polar surface area (TPSA) is 102 Å².